The fourth-order valence-corrected chi connectivity index (χ4v) is 5.52. The van der Waals surface area contributed by atoms with E-state index in [-0.39, 0.29) is 11.7 Å². The van der Waals surface area contributed by atoms with Crippen LogP contribution in [0.25, 0.3) is 15.9 Å². The molecule has 29 heavy (non-hydrogen) atoms. The Labute approximate surface area is 175 Å². The molecular formula is C21H31N6OS+. The maximum atomic E-state index is 12.7. The third-order valence-electron chi connectivity index (χ3n) is 6.09. The molecule has 1 aliphatic carbocycles. The van der Waals surface area contributed by atoms with Gasteiger partial charge in [0.2, 0.25) is 5.82 Å². The molecule has 0 aromatic carbocycles. The van der Waals surface area contributed by atoms with Gasteiger partial charge < -0.3 is 10.2 Å². The molecule has 0 saturated heterocycles. The number of amides is 1. The minimum atomic E-state index is -0.201. The van der Waals surface area contributed by atoms with Crippen molar-refractivity contribution >= 4 is 33.1 Å². The lowest BCUT2D eigenvalue weighted by Gasteiger charge is -2.17. The van der Waals surface area contributed by atoms with E-state index < -0.39 is 0 Å². The molecule has 0 fully saturated rings. The molecule has 8 heteroatoms. The Morgan fingerprint density at radius 3 is 2.86 bits per heavy atom. The molecule has 2 N–H and O–H groups in total. The van der Waals surface area contributed by atoms with E-state index in [0.29, 0.717) is 12.5 Å². The summed E-state index contributed by atoms with van der Waals surface area (Å²) in [7, 11) is 0. The Bertz CT molecular complexity index is 1040. The van der Waals surface area contributed by atoms with Crippen LogP contribution >= 0.6 is 11.3 Å². The topological polar surface area (TPSA) is 76.6 Å². The van der Waals surface area contributed by atoms with Crippen LogP contribution in [0.4, 0.5) is 0 Å². The molecule has 0 aliphatic heterocycles. The van der Waals surface area contributed by atoms with Crippen LogP contribution in [0.15, 0.2) is 0 Å². The van der Waals surface area contributed by atoms with Crippen LogP contribution < -0.4 is 10.2 Å². The molecule has 156 valence electrons. The molecule has 0 saturated carbocycles. The van der Waals surface area contributed by atoms with Crippen LogP contribution in [0.3, 0.4) is 0 Å². The van der Waals surface area contributed by atoms with E-state index in [9.17, 15) is 4.79 Å². The minimum Gasteiger partial charge on any atom is -0.349 e. The van der Waals surface area contributed by atoms with Crippen molar-refractivity contribution in [1.29, 1.82) is 0 Å². The van der Waals surface area contributed by atoms with Gasteiger partial charge in [-0.1, -0.05) is 6.92 Å². The van der Waals surface area contributed by atoms with Crippen molar-refractivity contribution in [3.63, 3.8) is 0 Å². The first-order chi connectivity index (χ1) is 14.0. The van der Waals surface area contributed by atoms with Gasteiger partial charge in [0.25, 0.3) is 5.91 Å². The molecule has 3 aromatic heterocycles. The third-order valence-corrected chi connectivity index (χ3v) is 7.27. The van der Waals surface area contributed by atoms with E-state index in [1.54, 1.807) is 20.8 Å². The Hall–Kier alpha value is -2.06. The average Bonchev–Trinajstić information content (AvgIpc) is 3.29. The van der Waals surface area contributed by atoms with E-state index in [4.69, 9.17) is 4.98 Å². The standard InChI is InChI=1S/C21H30N6OS/c1-5-26(6-2)11-7-10-22-20(28)18-24-19-17-15-12-13(3)8-9-16(15)29-21(17)23-14(4)27(19)25-18/h13H,5-12H2,1-4H3,(H,22,28)/p+1/t13-/m0/s1. The molecule has 0 unspecified atom stereocenters. The van der Waals surface area contributed by atoms with Gasteiger partial charge in [-0.05, 0) is 51.5 Å². The summed E-state index contributed by atoms with van der Waals surface area (Å²) in [6.45, 7) is 12.6. The number of quaternary nitrogens is 1. The largest absolute Gasteiger partial charge is 0.349 e. The van der Waals surface area contributed by atoms with Crippen molar-refractivity contribution in [2.24, 2.45) is 5.92 Å². The van der Waals surface area contributed by atoms with E-state index in [1.165, 1.54) is 16.9 Å². The van der Waals surface area contributed by atoms with Crippen molar-refractivity contribution < 1.29 is 9.69 Å². The molecule has 4 rings (SSSR count). The Morgan fingerprint density at radius 2 is 2.10 bits per heavy atom. The summed E-state index contributed by atoms with van der Waals surface area (Å²) in [6.07, 6.45) is 4.35. The van der Waals surface area contributed by atoms with Crippen molar-refractivity contribution in [3.8, 4) is 0 Å². The van der Waals surface area contributed by atoms with Crippen LogP contribution in [-0.2, 0) is 12.8 Å². The zero-order chi connectivity index (χ0) is 20.5. The maximum Gasteiger partial charge on any atom is 0.290 e. The van der Waals surface area contributed by atoms with Crippen LogP contribution in [0.5, 0.6) is 0 Å². The number of aryl methyl sites for hydroxylation is 2. The van der Waals surface area contributed by atoms with E-state index in [0.717, 1.165) is 60.6 Å². The van der Waals surface area contributed by atoms with Crippen molar-refractivity contribution in [2.45, 2.75) is 53.4 Å². The monoisotopic (exact) mass is 415 g/mol. The van der Waals surface area contributed by atoms with E-state index in [2.05, 4.69) is 36.2 Å². The van der Waals surface area contributed by atoms with Crippen molar-refractivity contribution in [2.75, 3.05) is 26.2 Å². The fourth-order valence-electron chi connectivity index (χ4n) is 4.27. The van der Waals surface area contributed by atoms with Crippen LogP contribution in [0.2, 0.25) is 0 Å². The molecule has 0 radical (unpaired) electrons. The second kappa shape index (κ2) is 8.36. The number of nitrogens with zero attached hydrogens (tertiary/aromatic N) is 4. The Kier molecular flexibility index (Phi) is 5.83. The molecule has 0 bridgehead atoms. The van der Waals surface area contributed by atoms with Gasteiger partial charge >= 0.3 is 0 Å². The Balaban J connectivity index is 1.58. The molecular weight excluding hydrogens is 384 g/mol. The molecule has 1 atom stereocenters. The number of thiophene rings is 1. The maximum absolute atomic E-state index is 12.7. The SMILES string of the molecule is CC[NH+](CC)CCCNC(=O)c1nc2c3c4c(sc3nc(C)n2n1)CC[C@H](C)C4. The first-order valence-corrected chi connectivity index (χ1v) is 11.6. The number of carbonyl (C=O) groups excluding carboxylic acids is 1. The molecule has 0 spiro atoms. The van der Waals surface area contributed by atoms with Gasteiger partial charge in [-0.25, -0.2) is 9.97 Å². The predicted octanol–water partition coefficient (Wildman–Crippen LogP) is 1.82. The predicted molar refractivity (Wildman–Crippen MR) is 116 cm³/mol. The summed E-state index contributed by atoms with van der Waals surface area (Å²) in [5, 5.41) is 8.57. The van der Waals surface area contributed by atoms with Crippen LogP contribution in [0, 0.1) is 12.8 Å². The lowest BCUT2D eigenvalue weighted by molar-refractivity contribution is -0.896. The molecule has 1 aliphatic rings. The summed E-state index contributed by atoms with van der Waals surface area (Å²) >= 11 is 1.78. The van der Waals surface area contributed by atoms with Gasteiger partial charge in [0, 0.05) is 17.8 Å². The highest BCUT2D eigenvalue weighted by atomic mass is 32.1. The molecule has 3 aromatic rings. The first kappa shape index (κ1) is 20.2. The lowest BCUT2D eigenvalue weighted by Crippen LogP contribution is -3.11. The normalized spacial score (nSPS) is 16.7. The molecule has 1 amide bonds. The number of nitrogens with one attached hydrogen (secondary N) is 2. The zero-order valence-electron chi connectivity index (χ0n) is 17.8. The summed E-state index contributed by atoms with van der Waals surface area (Å²) in [5.41, 5.74) is 2.14. The zero-order valence-corrected chi connectivity index (χ0v) is 18.7. The van der Waals surface area contributed by atoms with Crippen LogP contribution in [0.1, 0.15) is 60.5 Å². The first-order valence-electron chi connectivity index (χ1n) is 10.8. The smallest absolute Gasteiger partial charge is 0.290 e. The van der Waals surface area contributed by atoms with Gasteiger partial charge in [-0.2, -0.15) is 4.52 Å². The van der Waals surface area contributed by atoms with Crippen LogP contribution in [-0.4, -0.2) is 51.7 Å². The number of hydrogen-bond donors (Lipinski definition) is 2. The number of aromatic nitrogens is 4. The highest BCUT2D eigenvalue weighted by Crippen LogP contribution is 2.38. The van der Waals surface area contributed by atoms with Crippen molar-refractivity contribution in [1.82, 2.24) is 24.9 Å². The number of rotatable bonds is 7. The van der Waals surface area contributed by atoms with Gasteiger partial charge in [0.05, 0.1) is 25.0 Å². The molecule has 7 nitrogen and oxygen atoms in total. The van der Waals surface area contributed by atoms with Gasteiger partial charge in [-0.3, -0.25) is 4.79 Å². The third kappa shape index (κ3) is 3.88. The Morgan fingerprint density at radius 1 is 1.31 bits per heavy atom. The summed E-state index contributed by atoms with van der Waals surface area (Å²) in [6, 6.07) is 0. The van der Waals surface area contributed by atoms with Crippen molar-refractivity contribution in [3.05, 3.63) is 22.1 Å². The summed E-state index contributed by atoms with van der Waals surface area (Å²) in [5.74, 6) is 1.48. The van der Waals surface area contributed by atoms with Gasteiger partial charge in [0.1, 0.15) is 10.7 Å². The second-order valence-electron chi connectivity index (χ2n) is 8.18. The number of carbonyl (C=O) groups is 1. The lowest BCUT2D eigenvalue weighted by atomic mass is 9.89. The summed E-state index contributed by atoms with van der Waals surface area (Å²) < 4.78 is 1.74. The average molecular weight is 416 g/mol. The van der Waals surface area contributed by atoms with E-state index >= 15 is 0 Å². The highest BCUT2D eigenvalue weighted by Gasteiger charge is 2.25. The quantitative estimate of drug-likeness (QED) is 0.577. The van der Waals surface area contributed by atoms with Gasteiger partial charge in [-0.15, -0.1) is 16.4 Å². The number of hydrogen-bond acceptors (Lipinski definition) is 5. The number of fused-ring (bicyclic) bond motifs is 5. The fraction of sp³-hybridized carbons (Fsp3) is 0.619. The minimum absolute atomic E-state index is 0.201. The second-order valence-corrected chi connectivity index (χ2v) is 9.26. The van der Waals surface area contributed by atoms with Gasteiger partial charge in [0.15, 0.2) is 5.65 Å². The highest BCUT2D eigenvalue weighted by molar-refractivity contribution is 7.19. The van der Waals surface area contributed by atoms with E-state index in [1.807, 2.05) is 6.92 Å². The summed E-state index contributed by atoms with van der Waals surface area (Å²) in [4.78, 5) is 26.1. The molecule has 3 heterocycles.